The molecule has 136 valence electrons. The van der Waals surface area contributed by atoms with Crippen LogP contribution in [-0.2, 0) is 17.6 Å². The van der Waals surface area contributed by atoms with E-state index in [1.165, 1.54) is 17.3 Å². The third-order valence-corrected chi connectivity index (χ3v) is 5.88. The summed E-state index contributed by atoms with van der Waals surface area (Å²) in [5.74, 6) is 1.50. The van der Waals surface area contributed by atoms with Crippen LogP contribution in [0.5, 0.6) is 0 Å². The number of fused-ring (bicyclic) bond motifs is 1. The lowest BCUT2D eigenvalue weighted by Crippen LogP contribution is -2.25. The highest BCUT2D eigenvalue weighted by atomic mass is 32.2. The molecule has 0 radical (unpaired) electrons. The topological polar surface area (TPSA) is 91.8 Å². The van der Waals surface area contributed by atoms with Crippen LogP contribution < -0.4 is 5.32 Å². The van der Waals surface area contributed by atoms with E-state index in [0.29, 0.717) is 34.5 Å². The number of carbonyl (C=O) groups is 1. The zero-order valence-corrected chi connectivity index (χ0v) is 16.0. The zero-order chi connectivity index (χ0) is 18.7. The van der Waals surface area contributed by atoms with Crippen molar-refractivity contribution in [2.45, 2.75) is 56.7 Å². The molecule has 2 atom stereocenters. The maximum atomic E-state index is 12.6. The molecule has 7 heteroatoms. The summed E-state index contributed by atoms with van der Waals surface area (Å²) < 4.78 is 4.98. The van der Waals surface area contributed by atoms with Crippen molar-refractivity contribution < 1.29 is 9.32 Å². The van der Waals surface area contributed by atoms with Crippen LogP contribution >= 0.6 is 11.8 Å². The summed E-state index contributed by atoms with van der Waals surface area (Å²) in [6.07, 6.45) is 3.62. The van der Waals surface area contributed by atoms with Crippen molar-refractivity contribution in [3.8, 4) is 6.07 Å². The van der Waals surface area contributed by atoms with E-state index in [1.54, 1.807) is 13.0 Å². The van der Waals surface area contributed by atoms with Gasteiger partial charge in [-0.3, -0.25) is 4.79 Å². The molecule has 0 aliphatic heterocycles. The predicted octanol–water partition coefficient (Wildman–Crippen LogP) is 3.88. The molecule has 3 rings (SSSR count). The van der Waals surface area contributed by atoms with Crippen LogP contribution in [0.3, 0.4) is 0 Å². The van der Waals surface area contributed by atoms with E-state index >= 15 is 0 Å². The molecule has 0 aromatic carbocycles. The van der Waals surface area contributed by atoms with Crippen molar-refractivity contribution in [2.24, 2.45) is 5.92 Å². The molecule has 0 bridgehead atoms. The number of amides is 1. The molecule has 2 heterocycles. The van der Waals surface area contributed by atoms with Gasteiger partial charge in [0.15, 0.2) is 5.82 Å². The van der Waals surface area contributed by atoms with Crippen molar-refractivity contribution in [1.82, 2.24) is 10.1 Å². The van der Waals surface area contributed by atoms with Crippen molar-refractivity contribution in [3.63, 3.8) is 0 Å². The van der Waals surface area contributed by atoms with Crippen LogP contribution in [0.15, 0.2) is 21.7 Å². The summed E-state index contributed by atoms with van der Waals surface area (Å²) in [4.78, 5) is 17.3. The third-order valence-electron chi connectivity index (χ3n) is 4.52. The predicted molar refractivity (Wildman–Crippen MR) is 99.9 cm³/mol. The standard InChI is InChI=1S/C19H22N4O2S/c1-4-16(18(24)22-17-8-12(3)25-23-17)26-19-14(10-20)9-13-7-11(2)5-6-15(13)21-19/h8-9,11,16H,4-7H2,1-3H3,(H,22,23,24)/t11-,16+/m0/s1. The van der Waals surface area contributed by atoms with Gasteiger partial charge in [-0.2, -0.15) is 5.26 Å². The van der Waals surface area contributed by atoms with Gasteiger partial charge in [0.25, 0.3) is 0 Å². The molecule has 1 amide bonds. The van der Waals surface area contributed by atoms with Crippen LogP contribution in [0.25, 0.3) is 0 Å². The normalized spacial score (nSPS) is 17.2. The van der Waals surface area contributed by atoms with Gasteiger partial charge in [0.2, 0.25) is 5.91 Å². The van der Waals surface area contributed by atoms with E-state index in [9.17, 15) is 10.1 Å². The van der Waals surface area contributed by atoms with Crippen LogP contribution in [-0.4, -0.2) is 21.3 Å². The minimum atomic E-state index is -0.354. The van der Waals surface area contributed by atoms with E-state index in [1.807, 2.05) is 13.0 Å². The van der Waals surface area contributed by atoms with Crippen LogP contribution in [0.2, 0.25) is 0 Å². The van der Waals surface area contributed by atoms with Gasteiger partial charge in [0.05, 0.1) is 10.8 Å². The molecular weight excluding hydrogens is 348 g/mol. The van der Waals surface area contributed by atoms with Crippen molar-refractivity contribution in [3.05, 3.63) is 34.7 Å². The van der Waals surface area contributed by atoms with E-state index in [0.717, 1.165) is 25.0 Å². The Morgan fingerprint density at radius 2 is 2.35 bits per heavy atom. The van der Waals surface area contributed by atoms with Crippen molar-refractivity contribution >= 4 is 23.5 Å². The summed E-state index contributed by atoms with van der Waals surface area (Å²) in [5.41, 5.74) is 2.78. The number of aromatic nitrogens is 2. The van der Waals surface area contributed by atoms with Crippen LogP contribution in [0.4, 0.5) is 5.82 Å². The SMILES string of the molecule is CC[C@@H](Sc1nc2c(cc1C#N)C[C@@H](C)CC2)C(=O)Nc1cc(C)on1. The number of rotatable bonds is 5. The summed E-state index contributed by atoms with van der Waals surface area (Å²) in [6.45, 7) is 5.93. The number of hydrogen-bond acceptors (Lipinski definition) is 6. The Morgan fingerprint density at radius 1 is 1.54 bits per heavy atom. The third kappa shape index (κ3) is 4.07. The van der Waals surface area contributed by atoms with Gasteiger partial charge in [0, 0.05) is 11.8 Å². The quantitative estimate of drug-likeness (QED) is 0.803. The molecule has 2 aromatic heterocycles. The summed E-state index contributed by atoms with van der Waals surface area (Å²) >= 11 is 1.34. The fourth-order valence-electron chi connectivity index (χ4n) is 3.09. The smallest absolute Gasteiger partial charge is 0.239 e. The minimum Gasteiger partial charge on any atom is -0.360 e. The van der Waals surface area contributed by atoms with Gasteiger partial charge < -0.3 is 9.84 Å². The Kier molecular flexibility index (Phi) is 5.62. The first-order chi connectivity index (χ1) is 12.5. The van der Waals surface area contributed by atoms with Crippen LogP contribution in [0, 0.1) is 24.2 Å². The van der Waals surface area contributed by atoms with E-state index in [2.05, 4.69) is 23.5 Å². The van der Waals surface area contributed by atoms with E-state index < -0.39 is 0 Å². The second-order valence-electron chi connectivity index (χ2n) is 6.73. The molecule has 0 fully saturated rings. The maximum absolute atomic E-state index is 12.6. The molecule has 2 aromatic rings. The Hall–Kier alpha value is -2.33. The molecule has 0 spiro atoms. The first-order valence-electron chi connectivity index (χ1n) is 8.83. The van der Waals surface area contributed by atoms with E-state index in [4.69, 9.17) is 9.51 Å². The second-order valence-corrected chi connectivity index (χ2v) is 7.92. The lowest BCUT2D eigenvalue weighted by molar-refractivity contribution is -0.115. The van der Waals surface area contributed by atoms with Gasteiger partial charge in [-0.15, -0.1) is 0 Å². The number of thioether (sulfide) groups is 1. The largest absolute Gasteiger partial charge is 0.360 e. The Balaban J connectivity index is 1.79. The number of nitrogens with zero attached hydrogens (tertiary/aromatic N) is 3. The van der Waals surface area contributed by atoms with E-state index in [-0.39, 0.29) is 11.2 Å². The summed E-state index contributed by atoms with van der Waals surface area (Å²) in [6, 6.07) is 5.86. The number of anilines is 1. The highest BCUT2D eigenvalue weighted by Crippen LogP contribution is 2.32. The maximum Gasteiger partial charge on any atom is 0.239 e. The van der Waals surface area contributed by atoms with Crippen LogP contribution in [0.1, 0.15) is 49.3 Å². The highest BCUT2D eigenvalue weighted by molar-refractivity contribution is 8.00. The molecule has 0 unspecified atom stereocenters. The average molecular weight is 370 g/mol. The lowest BCUT2D eigenvalue weighted by Gasteiger charge is -2.22. The highest BCUT2D eigenvalue weighted by Gasteiger charge is 2.24. The monoisotopic (exact) mass is 370 g/mol. The number of nitrogens with one attached hydrogen (secondary N) is 1. The minimum absolute atomic E-state index is 0.164. The van der Waals surface area contributed by atoms with Gasteiger partial charge in [-0.25, -0.2) is 4.98 Å². The number of hydrogen-bond donors (Lipinski definition) is 1. The molecule has 1 aliphatic rings. The molecule has 0 saturated carbocycles. The number of pyridine rings is 1. The van der Waals surface area contributed by atoms with Crippen molar-refractivity contribution in [1.29, 1.82) is 5.26 Å². The fourth-order valence-corrected chi connectivity index (χ4v) is 4.08. The Bertz CT molecular complexity index is 856. The van der Waals surface area contributed by atoms with Crippen molar-refractivity contribution in [2.75, 3.05) is 5.32 Å². The molecule has 26 heavy (non-hydrogen) atoms. The molecule has 1 N–H and O–H groups in total. The molecular formula is C19H22N4O2S. The van der Waals surface area contributed by atoms with Gasteiger partial charge in [0.1, 0.15) is 16.9 Å². The first kappa shape index (κ1) is 18.5. The molecule has 6 nitrogen and oxygen atoms in total. The number of carbonyl (C=O) groups excluding carboxylic acids is 1. The zero-order valence-electron chi connectivity index (χ0n) is 15.2. The lowest BCUT2D eigenvalue weighted by atomic mass is 9.87. The number of nitriles is 1. The second kappa shape index (κ2) is 7.92. The van der Waals surface area contributed by atoms with Gasteiger partial charge >= 0.3 is 0 Å². The Labute approximate surface area is 157 Å². The summed E-state index contributed by atoms with van der Waals surface area (Å²) in [5, 5.41) is 16.4. The number of aryl methyl sites for hydroxylation is 2. The molecule has 0 saturated heterocycles. The average Bonchev–Trinajstić information content (AvgIpc) is 3.03. The molecule has 1 aliphatic carbocycles. The fraction of sp³-hybridized carbons (Fsp3) is 0.474. The summed E-state index contributed by atoms with van der Waals surface area (Å²) in [7, 11) is 0. The van der Waals surface area contributed by atoms with Gasteiger partial charge in [-0.05, 0) is 50.2 Å². The Morgan fingerprint density at radius 3 is 3.00 bits per heavy atom. The first-order valence-corrected chi connectivity index (χ1v) is 9.71. The van der Waals surface area contributed by atoms with Gasteiger partial charge in [-0.1, -0.05) is 30.8 Å².